The average molecular weight is 405 g/mol. The summed E-state index contributed by atoms with van der Waals surface area (Å²) in [5.41, 5.74) is 5.96. The fraction of sp³-hybridized carbons (Fsp3) is 0.0909. The number of nitrogens with zero attached hydrogens (tertiary/aromatic N) is 2. The number of benzene rings is 3. The lowest BCUT2D eigenvalue weighted by atomic mass is 10.1. The Labute approximate surface area is 161 Å². The predicted molar refractivity (Wildman–Crippen MR) is 110 cm³/mol. The van der Waals surface area contributed by atoms with Crippen molar-refractivity contribution in [3.05, 3.63) is 90.0 Å². The first-order valence-corrected chi connectivity index (χ1v) is 9.39. The molecule has 128 valence electrons. The largest absolute Gasteiger partial charge is 0.271 e. The minimum absolute atomic E-state index is 0.106. The summed E-state index contributed by atoms with van der Waals surface area (Å²) in [6, 6.07) is 25.9. The summed E-state index contributed by atoms with van der Waals surface area (Å²) in [6.07, 6.45) is 0. The summed E-state index contributed by atoms with van der Waals surface area (Å²) in [7, 11) is 0. The molecule has 1 aliphatic rings. The SMILES string of the molecule is CC(Br)C(=O)N(N=C1c2ccccc2-c2ccccc21)c1ccccc1. The van der Waals surface area contributed by atoms with E-state index < -0.39 is 0 Å². The van der Waals surface area contributed by atoms with Crippen molar-refractivity contribution in [1.82, 2.24) is 0 Å². The Balaban J connectivity index is 1.91. The number of hydrazone groups is 1. The van der Waals surface area contributed by atoms with E-state index in [0.717, 1.165) is 33.7 Å². The van der Waals surface area contributed by atoms with E-state index in [4.69, 9.17) is 5.10 Å². The predicted octanol–water partition coefficient (Wildman–Crippen LogP) is 5.24. The second-order valence-electron chi connectivity index (χ2n) is 6.14. The van der Waals surface area contributed by atoms with Crippen molar-refractivity contribution in [2.24, 2.45) is 5.10 Å². The van der Waals surface area contributed by atoms with Gasteiger partial charge in [0.05, 0.1) is 16.2 Å². The highest BCUT2D eigenvalue weighted by Gasteiger charge is 2.27. The lowest BCUT2D eigenvalue weighted by Gasteiger charge is -2.20. The molecule has 0 spiro atoms. The van der Waals surface area contributed by atoms with E-state index in [1.807, 2.05) is 61.5 Å². The van der Waals surface area contributed by atoms with Gasteiger partial charge in [0.2, 0.25) is 0 Å². The van der Waals surface area contributed by atoms with Gasteiger partial charge >= 0.3 is 0 Å². The molecule has 0 aliphatic heterocycles. The Morgan fingerprint density at radius 3 is 1.77 bits per heavy atom. The number of para-hydroxylation sites is 1. The van der Waals surface area contributed by atoms with E-state index in [9.17, 15) is 4.79 Å². The zero-order chi connectivity index (χ0) is 18.1. The number of hydrogen-bond donors (Lipinski definition) is 0. The van der Waals surface area contributed by atoms with Crippen molar-refractivity contribution in [1.29, 1.82) is 0 Å². The monoisotopic (exact) mass is 404 g/mol. The molecule has 3 aromatic carbocycles. The summed E-state index contributed by atoms with van der Waals surface area (Å²) in [5, 5.41) is 6.31. The van der Waals surface area contributed by atoms with Crippen LogP contribution in [0.1, 0.15) is 18.1 Å². The molecule has 0 heterocycles. The lowest BCUT2D eigenvalue weighted by molar-refractivity contribution is -0.117. The fourth-order valence-electron chi connectivity index (χ4n) is 3.17. The van der Waals surface area contributed by atoms with Gasteiger partial charge < -0.3 is 0 Å². The second kappa shape index (κ2) is 6.89. The Morgan fingerprint density at radius 2 is 1.27 bits per heavy atom. The van der Waals surface area contributed by atoms with Crippen LogP contribution in [0.5, 0.6) is 0 Å². The Hall–Kier alpha value is -2.72. The van der Waals surface area contributed by atoms with Crippen LogP contribution < -0.4 is 5.01 Å². The topological polar surface area (TPSA) is 32.7 Å². The van der Waals surface area contributed by atoms with Crippen LogP contribution in [-0.4, -0.2) is 16.4 Å². The zero-order valence-corrected chi connectivity index (χ0v) is 15.8. The summed E-state index contributed by atoms with van der Waals surface area (Å²) in [4.78, 5) is 12.5. The van der Waals surface area contributed by atoms with Crippen LogP contribution in [0.4, 0.5) is 5.69 Å². The van der Waals surface area contributed by atoms with Crippen molar-refractivity contribution in [3.8, 4) is 11.1 Å². The maximum Gasteiger partial charge on any atom is 0.260 e. The summed E-state index contributed by atoms with van der Waals surface area (Å²) in [5.74, 6) is -0.106. The molecular formula is C22H17BrN2O. The van der Waals surface area contributed by atoms with Crippen molar-refractivity contribution in [2.75, 3.05) is 5.01 Å². The third-order valence-corrected chi connectivity index (χ3v) is 4.80. The summed E-state index contributed by atoms with van der Waals surface area (Å²) in [6.45, 7) is 1.81. The van der Waals surface area contributed by atoms with Gasteiger partial charge in [0, 0.05) is 11.1 Å². The summed E-state index contributed by atoms with van der Waals surface area (Å²) < 4.78 is 0. The van der Waals surface area contributed by atoms with Crippen LogP contribution in [0.3, 0.4) is 0 Å². The molecule has 0 fully saturated rings. The molecule has 0 bridgehead atoms. The standard InChI is InChI=1S/C22H17BrN2O/c1-15(23)22(26)25(16-9-3-2-4-10-16)24-21-19-13-7-5-11-17(19)18-12-6-8-14-20(18)21/h2-15H,1H3. The molecule has 1 unspecified atom stereocenters. The molecule has 3 aromatic rings. The Morgan fingerprint density at radius 1 is 0.808 bits per heavy atom. The molecule has 1 aliphatic carbocycles. The highest BCUT2D eigenvalue weighted by molar-refractivity contribution is 9.10. The third kappa shape index (κ3) is 2.86. The smallest absolute Gasteiger partial charge is 0.260 e. The molecule has 0 radical (unpaired) electrons. The Bertz CT molecular complexity index is 948. The van der Waals surface area contributed by atoms with Gasteiger partial charge in [0.15, 0.2) is 0 Å². The van der Waals surface area contributed by atoms with Crippen molar-refractivity contribution >= 4 is 33.2 Å². The van der Waals surface area contributed by atoms with Gasteiger partial charge in [-0.05, 0) is 30.2 Å². The van der Waals surface area contributed by atoms with Gasteiger partial charge in [-0.25, -0.2) is 0 Å². The number of rotatable bonds is 3. The van der Waals surface area contributed by atoms with Crippen molar-refractivity contribution < 1.29 is 4.79 Å². The first-order chi connectivity index (χ1) is 12.7. The lowest BCUT2D eigenvalue weighted by Crippen LogP contribution is -2.32. The number of carbonyl (C=O) groups excluding carboxylic acids is 1. The number of amides is 1. The number of hydrogen-bond acceptors (Lipinski definition) is 2. The van der Waals surface area contributed by atoms with Crippen molar-refractivity contribution in [3.63, 3.8) is 0 Å². The van der Waals surface area contributed by atoms with E-state index in [1.54, 1.807) is 0 Å². The van der Waals surface area contributed by atoms with Crippen LogP contribution in [0.2, 0.25) is 0 Å². The van der Waals surface area contributed by atoms with Gasteiger partial charge in [0.1, 0.15) is 0 Å². The number of halogens is 1. The quantitative estimate of drug-likeness (QED) is 0.339. The molecule has 1 atom stereocenters. The molecule has 1 amide bonds. The number of anilines is 1. The zero-order valence-electron chi connectivity index (χ0n) is 14.3. The van der Waals surface area contributed by atoms with Gasteiger partial charge in [-0.15, -0.1) is 0 Å². The molecule has 3 nitrogen and oxygen atoms in total. The fourth-order valence-corrected chi connectivity index (χ4v) is 3.37. The van der Waals surface area contributed by atoms with Crippen LogP contribution in [0.25, 0.3) is 11.1 Å². The van der Waals surface area contributed by atoms with Crippen LogP contribution in [-0.2, 0) is 4.79 Å². The minimum atomic E-state index is -0.334. The molecule has 0 aromatic heterocycles. The first-order valence-electron chi connectivity index (χ1n) is 8.47. The van der Waals surface area contributed by atoms with Crippen molar-refractivity contribution in [2.45, 2.75) is 11.8 Å². The van der Waals surface area contributed by atoms with Gasteiger partial charge in [-0.3, -0.25) is 4.79 Å². The Kier molecular flexibility index (Phi) is 4.43. The van der Waals surface area contributed by atoms with E-state index in [1.165, 1.54) is 5.01 Å². The minimum Gasteiger partial charge on any atom is -0.271 e. The van der Waals surface area contributed by atoms with E-state index in [2.05, 4.69) is 40.2 Å². The number of fused-ring (bicyclic) bond motifs is 3. The third-order valence-electron chi connectivity index (χ3n) is 4.40. The van der Waals surface area contributed by atoms with Crippen LogP contribution >= 0.6 is 15.9 Å². The molecule has 0 N–H and O–H groups in total. The maximum atomic E-state index is 12.8. The molecule has 4 rings (SSSR count). The molecule has 26 heavy (non-hydrogen) atoms. The first kappa shape index (κ1) is 16.7. The number of carbonyl (C=O) groups is 1. The average Bonchev–Trinajstić information content (AvgIpc) is 3.00. The maximum absolute atomic E-state index is 12.8. The van der Waals surface area contributed by atoms with E-state index >= 15 is 0 Å². The van der Waals surface area contributed by atoms with Crippen LogP contribution in [0.15, 0.2) is 84.0 Å². The normalized spacial score (nSPS) is 12.9. The molecular weight excluding hydrogens is 388 g/mol. The molecule has 0 saturated heterocycles. The molecule has 0 saturated carbocycles. The second-order valence-corrected chi connectivity index (χ2v) is 7.51. The van der Waals surface area contributed by atoms with Crippen LogP contribution in [0, 0.1) is 0 Å². The number of alkyl halides is 1. The van der Waals surface area contributed by atoms with Gasteiger partial charge in [0.25, 0.3) is 5.91 Å². The van der Waals surface area contributed by atoms with Gasteiger partial charge in [-0.2, -0.15) is 10.1 Å². The van der Waals surface area contributed by atoms with E-state index in [-0.39, 0.29) is 10.7 Å². The highest BCUT2D eigenvalue weighted by atomic mass is 79.9. The molecule has 4 heteroatoms. The van der Waals surface area contributed by atoms with E-state index in [0.29, 0.717) is 0 Å². The van der Waals surface area contributed by atoms with Gasteiger partial charge in [-0.1, -0.05) is 82.7 Å². The highest BCUT2D eigenvalue weighted by Crippen LogP contribution is 2.37. The summed E-state index contributed by atoms with van der Waals surface area (Å²) >= 11 is 3.39.